The lowest BCUT2D eigenvalue weighted by molar-refractivity contribution is 0.0963. The first-order valence-corrected chi connectivity index (χ1v) is 10.8. The summed E-state index contributed by atoms with van der Waals surface area (Å²) < 4.78 is 2.00. The van der Waals surface area contributed by atoms with E-state index in [4.69, 9.17) is 4.98 Å². The summed E-state index contributed by atoms with van der Waals surface area (Å²) in [4.78, 5) is 21.3. The molecule has 30 heavy (non-hydrogen) atoms. The molecule has 0 aliphatic heterocycles. The van der Waals surface area contributed by atoms with Crippen molar-refractivity contribution in [2.45, 2.75) is 20.3 Å². The number of amides is 1. The third-order valence-electron chi connectivity index (χ3n) is 4.99. The number of carbonyl (C=O) groups excluding carboxylic acids is 1. The van der Waals surface area contributed by atoms with Gasteiger partial charge in [-0.2, -0.15) is 0 Å². The standard InChI is InChI=1S/C23H25N5OS/c1-14(2)9-15-5-6-17(22(29)24-3)11-18(15)26-23-27-20(12-30-23)16-7-8-21-19(10-16)25-13-28(21)4/h5-8,10-14H,9H2,1-4H3,(H,24,29)(H,26,27). The van der Waals surface area contributed by atoms with Crippen LogP contribution in [0.3, 0.4) is 0 Å². The van der Waals surface area contributed by atoms with E-state index < -0.39 is 0 Å². The largest absolute Gasteiger partial charge is 0.355 e. The molecule has 2 aromatic carbocycles. The van der Waals surface area contributed by atoms with Crippen molar-refractivity contribution in [1.29, 1.82) is 0 Å². The predicted octanol–water partition coefficient (Wildman–Crippen LogP) is 5.00. The highest BCUT2D eigenvalue weighted by atomic mass is 32.1. The summed E-state index contributed by atoms with van der Waals surface area (Å²) in [5.74, 6) is 0.408. The van der Waals surface area contributed by atoms with E-state index in [2.05, 4.69) is 47.7 Å². The van der Waals surface area contributed by atoms with E-state index in [0.29, 0.717) is 11.5 Å². The highest BCUT2D eigenvalue weighted by molar-refractivity contribution is 7.14. The van der Waals surface area contributed by atoms with Gasteiger partial charge >= 0.3 is 0 Å². The van der Waals surface area contributed by atoms with Gasteiger partial charge in [0.25, 0.3) is 5.91 Å². The molecule has 0 aliphatic carbocycles. The Bertz CT molecular complexity index is 1210. The molecule has 2 N–H and O–H groups in total. The monoisotopic (exact) mass is 419 g/mol. The number of carbonyl (C=O) groups is 1. The number of hydrogen-bond donors (Lipinski definition) is 2. The number of hydrogen-bond acceptors (Lipinski definition) is 5. The van der Waals surface area contributed by atoms with Crippen molar-refractivity contribution in [1.82, 2.24) is 19.9 Å². The Hall–Kier alpha value is -3.19. The third kappa shape index (κ3) is 4.07. The molecule has 154 valence electrons. The smallest absolute Gasteiger partial charge is 0.251 e. The number of imidazole rings is 1. The van der Waals surface area contributed by atoms with E-state index >= 15 is 0 Å². The van der Waals surface area contributed by atoms with Crippen LogP contribution in [0.15, 0.2) is 48.1 Å². The second-order valence-corrected chi connectivity index (χ2v) is 8.63. The average molecular weight is 420 g/mol. The maximum Gasteiger partial charge on any atom is 0.251 e. The molecule has 0 radical (unpaired) electrons. The van der Waals surface area contributed by atoms with E-state index in [1.165, 1.54) is 5.56 Å². The lowest BCUT2D eigenvalue weighted by atomic mass is 9.99. The summed E-state index contributed by atoms with van der Waals surface area (Å²) >= 11 is 1.55. The van der Waals surface area contributed by atoms with Gasteiger partial charge in [-0.25, -0.2) is 9.97 Å². The van der Waals surface area contributed by atoms with Gasteiger partial charge in [-0.1, -0.05) is 26.0 Å². The van der Waals surface area contributed by atoms with Gasteiger partial charge in [0.1, 0.15) is 0 Å². The molecule has 4 rings (SSSR count). The van der Waals surface area contributed by atoms with E-state index in [9.17, 15) is 4.79 Å². The number of nitrogens with one attached hydrogen (secondary N) is 2. The van der Waals surface area contributed by atoms with Crippen LogP contribution in [0.5, 0.6) is 0 Å². The number of rotatable bonds is 6. The number of thiazole rings is 1. The Balaban J connectivity index is 1.64. The Morgan fingerprint density at radius 1 is 1.20 bits per heavy atom. The Labute approximate surface area is 180 Å². The molecule has 4 aromatic rings. The fourth-order valence-corrected chi connectivity index (χ4v) is 4.20. The number of fused-ring (bicyclic) bond motifs is 1. The molecule has 0 fully saturated rings. The number of anilines is 2. The summed E-state index contributed by atoms with van der Waals surface area (Å²) in [5, 5.41) is 8.96. The third-order valence-corrected chi connectivity index (χ3v) is 5.75. The first-order valence-electron chi connectivity index (χ1n) is 9.93. The zero-order chi connectivity index (χ0) is 21.3. The van der Waals surface area contributed by atoms with Gasteiger partial charge < -0.3 is 15.2 Å². The lowest BCUT2D eigenvalue weighted by Gasteiger charge is -2.14. The Kier molecular flexibility index (Phi) is 5.55. The minimum Gasteiger partial charge on any atom is -0.355 e. The average Bonchev–Trinajstić information content (AvgIpc) is 3.35. The molecule has 2 aromatic heterocycles. The molecular weight excluding hydrogens is 394 g/mol. The van der Waals surface area contributed by atoms with Crippen LogP contribution in [-0.2, 0) is 13.5 Å². The van der Waals surface area contributed by atoms with Crippen LogP contribution in [0.4, 0.5) is 10.8 Å². The molecule has 0 saturated heterocycles. The van der Waals surface area contributed by atoms with Gasteiger partial charge in [0.05, 0.1) is 23.1 Å². The van der Waals surface area contributed by atoms with Crippen LogP contribution in [0.1, 0.15) is 29.8 Å². The molecule has 0 saturated carbocycles. The van der Waals surface area contributed by atoms with Crippen LogP contribution in [0, 0.1) is 5.92 Å². The quantitative estimate of drug-likeness (QED) is 0.461. The van der Waals surface area contributed by atoms with Crippen molar-refractivity contribution in [2.24, 2.45) is 13.0 Å². The van der Waals surface area contributed by atoms with Gasteiger partial charge in [0.15, 0.2) is 5.13 Å². The molecule has 7 heteroatoms. The Morgan fingerprint density at radius 3 is 2.80 bits per heavy atom. The topological polar surface area (TPSA) is 71.8 Å². The summed E-state index contributed by atoms with van der Waals surface area (Å²) in [5.41, 5.74) is 6.71. The lowest BCUT2D eigenvalue weighted by Crippen LogP contribution is -2.18. The minimum absolute atomic E-state index is 0.0994. The zero-order valence-corrected chi connectivity index (χ0v) is 18.4. The van der Waals surface area contributed by atoms with Crippen LogP contribution >= 0.6 is 11.3 Å². The van der Waals surface area contributed by atoms with Crippen molar-refractivity contribution < 1.29 is 4.79 Å². The van der Waals surface area contributed by atoms with Crippen LogP contribution in [0.25, 0.3) is 22.3 Å². The first kappa shape index (κ1) is 20.1. The number of aromatic nitrogens is 3. The van der Waals surface area contributed by atoms with Crippen molar-refractivity contribution in [2.75, 3.05) is 12.4 Å². The molecular formula is C23H25N5OS. The van der Waals surface area contributed by atoms with Gasteiger partial charge in [0, 0.05) is 36.3 Å². The molecule has 0 unspecified atom stereocenters. The second-order valence-electron chi connectivity index (χ2n) is 7.77. The molecule has 1 amide bonds. The summed E-state index contributed by atoms with van der Waals surface area (Å²) in [7, 11) is 3.63. The predicted molar refractivity (Wildman–Crippen MR) is 123 cm³/mol. The first-order chi connectivity index (χ1) is 14.4. The fraction of sp³-hybridized carbons (Fsp3) is 0.261. The number of nitrogens with zero attached hydrogens (tertiary/aromatic N) is 3. The van der Waals surface area contributed by atoms with Gasteiger partial charge in [-0.15, -0.1) is 11.3 Å². The van der Waals surface area contributed by atoms with Crippen LogP contribution < -0.4 is 10.6 Å². The molecule has 6 nitrogen and oxygen atoms in total. The molecule has 0 bridgehead atoms. The highest BCUT2D eigenvalue weighted by Gasteiger charge is 2.13. The van der Waals surface area contributed by atoms with E-state index in [1.54, 1.807) is 18.4 Å². The van der Waals surface area contributed by atoms with Crippen LogP contribution in [0.2, 0.25) is 0 Å². The SMILES string of the molecule is CNC(=O)c1ccc(CC(C)C)c(Nc2nc(-c3ccc4c(c3)ncn4C)cs2)c1. The minimum atomic E-state index is -0.0994. The van der Waals surface area contributed by atoms with Crippen molar-refractivity contribution in [3.05, 3.63) is 59.2 Å². The zero-order valence-electron chi connectivity index (χ0n) is 17.6. The normalized spacial score (nSPS) is 11.2. The maximum absolute atomic E-state index is 12.1. The molecule has 0 aliphatic rings. The van der Waals surface area contributed by atoms with Crippen molar-refractivity contribution in [3.8, 4) is 11.3 Å². The van der Waals surface area contributed by atoms with E-state index in [-0.39, 0.29) is 5.91 Å². The van der Waals surface area contributed by atoms with E-state index in [0.717, 1.165) is 39.5 Å². The number of benzene rings is 2. The van der Waals surface area contributed by atoms with E-state index in [1.807, 2.05) is 41.5 Å². The number of aryl methyl sites for hydroxylation is 1. The summed E-state index contributed by atoms with van der Waals surface area (Å²) in [6.07, 6.45) is 2.74. The van der Waals surface area contributed by atoms with Gasteiger partial charge in [-0.3, -0.25) is 4.79 Å². The summed E-state index contributed by atoms with van der Waals surface area (Å²) in [6, 6.07) is 12.0. The molecule has 2 heterocycles. The maximum atomic E-state index is 12.1. The van der Waals surface area contributed by atoms with Crippen molar-refractivity contribution >= 4 is 39.1 Å². The van der Waals surface area contributed by atoms with Crippen molar-refractivity contribution in [3.63, 3.8) is 0 Å². The van der Waals surface area contributed by atoms with Gasteiger partial charge in [-0.05, 0) is 42.2 Å². The second kappa shape index (κ2) is 8.28. The molecule has 0 atom stereocenters. The fourth-order valence-electron chi connectivity index (χ4n) is 3.47. The molecule has 0 spiro atoms. The Morgan fingerprint density at radius 2 is 2.03 bits per heavy atom. The highest BCUT2D eigenvalue weighted by Crippen LogP contribution is 2.31. The van der Waals surface area contributed by atoms with Crippen LogP contribution in [-0.4, -0.2) is 27.5 Å². The summed E-state index contributed by atoms with van der Waals surface area (Å²) in [6.45, 7) is 4.37. The van der Waals surface area contributed by atoms with Gasteiger partial charge in [0.2, 0.25) is 0 Å².